The minimum absolute atomic E-state index is 0.000184. The van der Waals surface area contributed by atoms with E-state index in [0.717, 1.165) is 66.7 Å². The van der Waals surface area contributed by atoms with E-state index in [4.69, 9.17) is 9.84 Å². The van der Waals surface area contributed by atoms with Gasteiger partial charge in [-0.3, -0.25) is 9.59 Å². The Kier molecular flexibility index (Phi) is 7.88. The predicted octanol–water partition coefficient (Wildman–Crippen LogP) is 4.50. The fraction of sp³-hybridized carbons (Fsp3) is 0.560. The quantitative estimate of drug-likeness (QED) is 0.584. The summed E-state index contributed by atoms with van der Waals surface area (Å²) < 4.78 is 7.18. The van der Waals surface area contributed by atoms with Crippen LogP contribution in [0.4, 0.5) is 0 Å². The lowest BCUT2D eigenvalue weighted by molar-refractivity contribution is -0.149. The minimum Gasteiger partial charge on any atom is -0.466 e. The number of piperidine rings is 1. The molecule has 0 radical (unpaired) electrons. The molecule has 6 heteroatoms. The van der Waals surface area contributed by atoms with Crippen molar-refractivity contribution >= 4 is 11.9 Å². The van der Waals surface area contributed by atoms with Crippen LogP contribution in [0.3, 0.4) is 0 Å². The maximum absolute atomic E-state index is 13.7. The topological polar surface area (TPSA) is 64.4 Å². The summed E-state index contributed by atoms with van der Waals surface area (Å²) in [6, 6.07) is 8.24. The second kappa shape index (κ2) is 10.6. The highest BCUT2D eigenvalue weighted by Crippen LogP contribution is 2.27. The molecule has 2 heterocycles. The first-order valence-corrected chi connectivity index (χ1v) is 11.6. The van der Waals surface area contributed by atoms with Gasteiger partial charge in [-0.05, 0) is 57.2 Å². The lowest BCUT2D eigenvalue weighted by atomic mass is 9.96. The van der Waals surface area contributed by atoms with E-state index in [-0.39, 0.29) is 17.8 Å². The lowest BCUT2D eigenvalue weighted by Gasteiger charge is -2.31. The summed E-state index contributed by atoms with van der Waals surface area (Å²) in [5.41, 5.74) is 4.71. The van der Waals surface area contributed by atoms with Crippen LogP contribution >= 0.6 is 0 Å². The highest BCUT2D eigenvalue weighted by molar-refractivity contribution is 5.97. The molecule has 0 spiro atoms. The zero-order chi connectivity index (χ0) is 22.4. The fourth-order valence-corrected chi connectivity index (χ4v) is 4.38. The van der Waals surface area contributed by atoms with E-state index < -0.39 is 0 Å². The standard InChI is InChI=1S/C25H35N3O3/c1-5-10-21-23(24(29)27-15-9-13-19(17-27)25(30)31-7-3)22(11-6-2)28(26-21)20-14-8-12-18(4)16-20/h8,12,14,16,19H,5-7,9-11,13,15,17H2,1-4H3. The molecule has 1 amide bonds. The largest absolute Gasteiger partial charge is 0.466 e. The molecule has 1 aromatic carbocycles. The fourth-order valence-electron chi connectivity index (χ4n) is 4.38. The number of aryl methyl sites for hydroxylation is 2. The second-order valence-corrected chi connectivity index (χ2v) is 8.36. The Hall–Kier alpha value is -2.63. The van der Waals surface area contributed by atoms with Gasteiger partial charge < -0.3 is 9.64 Å². The molecule has 2 aromatic rings. The van der Waals surface area contributed by atoms with E-state index in [1.807, 2.05) is 28.6 Å². The van der Waals surface area contributed by atoms with Gasteiger partial charge in [0.2, 0.25) is 0 Å². The van der Waals surface area contributed by atoms with Crippen molar-refractivity contribution in [3.8, 4) is 5.69 Å². The van der Waals surface area contributed by atoms with Gasteiger partial charge in [0.1, 0.15) is 0 Å². The van der Waals surface area contributed by atoms with Crippen molar-refractivity contribution in [2.75, 3.05) is 19.7 Å². The first-order chi connectivity index (χ1) is 15.0. The van der Waals surface area contributed by atoms with Crippen molar-refractivity contribution in [1.29, 1.82) is 0 Å². The number of esters is 1. The number of amides is 1. The number of ether oxygens (including phenoxy) is 1. The number of likely N-dealkylation sites (tertiary alicyclic amines) is 1. The van der Waals surface area contributed by atoms with E-state index in [2.05, 4.69) is 32.9 Å². The van der Waals surface area contributed by atoms with E-state index in [0.29, 0.717) is 19.7 Å². The molecule has 1 atom stereocenters. The number of rotatable bonds is 8. The van der Waals surface area contributed by atoms with Crippen molar-refractivity contribution < 1.29 is 14.3 Å². The van der Waals surface area contributed by atoms with Crippen LogP contribution in [0.25, 0.3) is 5.69 Å². The van der Waals surface area contributed by atoms with Gasteiger partial charge in [-0.2, -0.15) is 5.10 Å². The highest BCUT2D eigenvalue weighted by Gasteiger charge is 2.33. The van der Waals surface area contributed by atoms with Gasteiger partial charge in [0.25, 0.3) is 5.91 Å². The molecular weight excluding hydrogens is 390 g/mol. The number of carbonyl (C=O) groups is 2. The van der Waals surface area contributed by atoms with Crippen molar-refractivity contribution in [2.45, 2.75) is 66.2 Å². The lowest BCUT2D eigenvalue weighted by Crippen LogP contribution is -2.43. The van der Waals surface area contributed by atoms with Crippen molar-refractivity contribution in [3.05, 3.63) is 46.8 Å². The van der Waals surface area contributed by atoms with Gasteiger partial charge >= 0.3 is 5.97 Å². The van der Waals surface area contributed by atoms with Crippen LogP contribution in [0, 0.1) is 12.8 Å². The third-order valence-electron chi connectivity index (χ3n) is 5.82. The Labute approximate surface area is 185 Å². The van der Waals surface area contributed by atoms with Crippen LogP contribution < -0.4 is 0 Å². The van der Waals surface area contributed by atoms with Crippen LogP contribution in [0.15, 0.2) is 24.3 Å². The highest BCUT2D eigenvalue weighted by atomic mass is 16.5. The van der Waals surface area contributed by atoms with E-state index in [1.54, 1.807) is 0 Å². The van der Waals surface area contributed by atoms with E-state index >= 15 is 0 Å². The first kappa shape index (κ1) is 23.0. The zero-order valence-electron chi connectivity index (χ0n) is 19.3. The summed E-state index contributed by atoms with van der Waals surface area (Å²) in [4.78, 5) is 27.9. The molecule has 6 nitrogen and oxygen atoms in total. The molecule has 1 fully saturated rings. The van der Waals surface area contributed by atoms with Gasteiger partial charge in [0.15, 0.2) is 0 Å². The average molecular weight is 426 g/mol. The molecule has 0 aliphatic carbocycles. The molecule has 0 N–H and O–H groups in total. The zero-order valence-corrected chi connectivity index (χ0v) is 19.3. The maximum atomic E-state index is 13.7. The monoisotopic (exact) mass is 425 g/mol. The number of benzene rings is 1. The molecule has 1 aromatic heterocycles. The van der Waals surface area contributed by atoms with Gasteiger partial charge in [-0.1, -0.05) is 38.8 Å². The second-order valence-electron chi connectivity index (χ2n) is 8.36. The van der Waals surface area contributed by atoms with Crippen LogP contribution in [0.5, 0.6) is 0 Å². The third kappa shape index (κ3) is 5.17. The third-order valence-corrected chi connectivity index (χ3v) is 5.82. The van der Waals surface area contributed by atoms with Crippen LogP contribution in [0.2, 0.25) is 0 Å². The summed E-state index contributed by atoms with van der Waals surface area (Å²) in [6.07, 6.45) is 4.96. The first-order valence-electron chi connectivity index (χ1n) is 11.6. The van der Waals surface area contributed by atoms with Crippen LogP contribution in [0.1, 0.15) is 73.8 Å². The van der Waals surface area contributed by atoms with Crippen molar-refractivity contribution in [3.63, 3.8) is 0 Å². The van der Waals surface area contributed by atoms with Gasteiger partial charge in [-0.25, -0.2) is 4.68 Å². The Morgan fingerprint density at radius 1 is 1.16 bits per heavy atom. The maximum Gasteiger partial charge on any atom is 0.310 e. The van der Waals surface area contributed by atoms with Crippen LogP contribution in [-0.2, 0) is 22.4 Å². The molecule has 0 bridgehead atoms. The predicted molar refractivity (Wildman–Crippen MR) is 122 cm³/mol. The van der Waals surface area contributed by atoms with Crippen molar-refractivity contribution in [2.24, 2.45) is 5.92 Å². The Morgan fingerprint density at radius 2 is 1.94 bits per heavy atom. The number of carbonyl (C=O) groups excluding carboxylic acids is 2. The molecule has 1 unspecified atom stereocenters. The molecule has 1 aliphatic rings. The number of hydrogen-bond acceptors (Lipinski definition) is 4. The van der Waals surface area contributed by atoms with Gasteiger partial charge in [-0.15, -0.1) is 0 Å². The molecule has 31 heavy (non-hydrogen) atoms. The summed E-state index contributed by atoms with van der Waals surface area (Å²) in [5, 5.41) is 4.91. The minimum atomic E-state index is -0.242. The van der Waals surface area contributed by atoms with Gasteiger partial charge in [0, 0.05) is 13.1 Å². The molecule has 0 saturated carbocycles. The number of nitrogens with zero attached hydrogens (tertiary/aromatic N) is 3. The molecule has 1 aliphatic heterocycles. The summed E-state index contributed by atoms with van der Waals surface area (Å²) in [7, 11) is 0. The smallest absolute Gasteiger partial charge is 0.310 e. The molecule has 1 saturated heterocycles. The summed E-state index contributed by atoms with van der Waals surface area (Å²) in [5.74, 6) is -0.438. The SMILES string of the molecule is CCCc1nn(-c2cccc(C)c2)c(CCC)c1C(=O)N1CCCC(C(=O)OCC)C1. The van der Waals surface area contributed by atoms with Gasteiger partial charge in [0.05, 0.1) is 35.2 Å². The van der Waals surface area contributed by atoms with Crippen LogP contribution in [-0.4, -0.2) is 46.3 Å². The Morgan fingerprint density at radius 3 is 2.61 bits per heavy atom. The summed E-state index contributed by atoms with van der Waals surface area (Å²) >= 11 is 0. The van der Waals surface area contributed by atoms with E-state index in [1.165, 1.54) is 0 Å². The van der Waals surface area contributed by atoms with E-state index in [9.17, 15) is 9.59 Å². The summed E-state index contributed by atoms with van der Waals surface area (Å²) in [6.45, 7) is 9.57. The number of aromatic nitrogens is 2. The molecule has 3 rings (SSSR count). The molecular formula is C25H35N3O3. The molecule has 168 valence electrons. The Balaban J connectivity index is 2.00. The Bertz CT molecular complexity index is 919. The average Bonchev–Trinajstić information content (AvgIpc) is 3.12. The number of hydrogen-bond donors (Lipinski definition) is 0. The normalized spacial score (nSPS) is 16.4. The van der Waals surface area contributed by atoms with Crippen molar-refractivity contribution in [1.82, 2.24) is 14.7 Å².